The van der Waals surface area contributed by atoms with Gasteiger partial charge in [0, 0.05) is 5.02 Å². The van der Waals surface area contributed by atoms with Crippen molar-refractivity contribution in [3.8, 4) is 5.69 Å². The van der Waals surface area contributed by atoms with Crippen molar-refractivity contribution in [1.29, 1.82) is 0 Å². The number of carbonyl (C=O) groups excluding carboxylic acids is 2. The fourth-order valence-corrected chi connectivity index (χ4v) is 2.64. The maximum atomic E-state index is 12.6. The highest BCUT2D eigenvalue weighted by Gasteiger charge is 2.14. The molecule has 0 aliphatic rings. The first-order valence-corrected chi connectivity index (χ1v) is 8.49. The molecule has 10 heteroatoms. The largest absolute Gasteiger partial charge is 0.465 e. The summed E-state index contributed by atoms with van der Waals surface area (Å²) in [5.41, 5.74) is 0.597. The van der Waals surface area contributed by atoms with Gasteiger partial charge in [-0.25, -0.2) is 9.67 Å². The van der Waals surface area contributed by atoms with Crippen molar-refractivity contribution in [3.63, 3.8) is 0 Å². The lowest BCUT2D eigenvalue weighted by molar-refractivity contribution is -0.143. The molecule has 0 radical (unpaired) electrons. The average molecular weight is 390 g/mol. The first kappa shape index (κ1) is 18.6. The van der Waals surface area contributed by atoms with Gasteiger partial charge >= 0.3 is 5.97 Å². The molecule has 3 rings (SSSR count). The first-order chi connectivity index (χ1) is 13.0. The maximum absolute atomic E-state index is 12.6. The van der Waals surface area contributed by atoms with Gasteiger partial charge in [-0.2, -0.15) is 5.10 Å². The van der Waals surface area contributed by atoms with E-state index in [9.17, 15) is 14.4 Å². The number of benzene rings is 1. The van der Waals surface area contributed by atoms with Crippen LogP contribution < -0.4 is 10.9 Å². The van der Waals surface area contributed by atoms with Gasteiger partial charge in [0.2, 0.25) is 5.91 Å². The van der Waals surface area contributed by atoms with Gasteiger partial charge < -0.3 is 10.1 Å². The van der Waals surface area contributed by atoms with E-state index in [0.717, 1.165) is 4.57 Å². The summed E-state index contributed by atoms with van der Waals surface area (Å²) < 4.78 is 7.36. The Morgan fingerprint density at radius 1 is 1.33 bits per heavy atom. The quantitative estimate of drug-likeness (QED) is 0.628. The van der Waals surface area contributed by atoms with E-state index in [1.807, 2.05) is 0 Å². The van der Waals surface area contributed by atoms with Gasteiger partial charge in [-0.1, -0.05) is 17.7 Å². The first-order valence-electron chi connectivity index (χ1n) is 8.11. The van der Waals surface area contributed by atoms with E-state index in [2.05, 4.69) is 15.4 Å². The van der Waals surface area contributed by atoms with Crippen LogP contribution in [0.25, 0.3) is 16.7 Å². The molecule has 3 aromatic rings. The summed E-state index contributed by atoms with van der Waals surface area (Å²) in [6, 6.07) is 6.98. The molecule has 0 bridgehead atoms. The van der Waals surface area contributed by atoms with Crippen LogP contribution in [-0.2, 0) is 20.9 Å². The average Bonchev–Trinajstić information content (AvgIpc) is 3.07. The van der Waals surface area contributed by atoms with Gasteiger partial charge in [-0.3, -0.25) is 19.0 Å². The Morgan fingerprint density at radius 3 is 2.89 bits per heavy atom. The Bertz CT molecular complexity index is 1060. The van der Waals surface area contributed by atoms with Crippen LogP contribution in [0.15, 0.2) is 41.6 Å². The lowest BCUT2D eigenvalue weighted by atomic mass is 10.3. The summed E-state index contributed by atoms with van der Waals surface area (Å²) in [7, 11) is 0. The third-order valence-corrected chi connectivity index (χ3v) is 3.89. The van der Waals surface area contributed by atoms with Crippen LogP contribution in [0.1, 0.15) is 6.92 Å². The van der Waals surface area contributed by atoms with Gasteiger partial charge in [-0.15, -0.1) is 0 Å². The van der Waals surface area contributed by atoms with Crippen LogP contribution in [0.5, 0.6) is 0 Å². The van der Waals surface area contributed by atoms with Crippen molar-refractivity contribution in [2.75, 3.05) is 13.2 Å². The molecule has 1 N–H and O–H groups in total. The molecule has 2 aromatic heterocycles. The van der Waals surface area contributed by atoms with E-state index < -0.39 is 17.4 Å². The molecule has 0 unspecified atom stereocenters. The highest BCUT2D eigenvalue weighted by atomic mass is 35.5. The van der Waals surface area contributed by atoms with Gasteiger partial charge in [0.15, 0.2) is 5.65 Å². The van der Waals surface area contributed by atoms with Gasteiger partial charge in [0.05, 0.1) is 18.5 Å². The number of aromatic nitrogens is 4. The summed E-state index contributed by atoms with van der Waals surface area (Å²) in [6.07, 6.45) is 2.65. The summed E-state index contributed by atoms with van der Waals surface area (Å²) in [6.45, 7) is 1.36. The van der Waals surface area contributed by atoms with Crippen LogP contribution in [-0.4, -0.2) is 44.4 Å². The molecule has 1 aromatic carbocycles. The molecular weight excluding hydrogens is 374 g/mol. The molecule has 0 saturated heterocycles. The second-order valence-electron chi connectivity index (χ2n) is 5.53. The maximum Gasteiger partial charge on any atom is 0.325 e. The number of hydrogen-bond acceptors (Lipinski definition) is 6. The molecule has 0 fully saturated rings. The number of nitrogens with zero attached hydrogens (tertiary/aromatic N) is 4. The van der Waals surface area contributed by atoms with E-state index in [1.165, 1.54) is 17.2 Å². The summed E-state index contributed by atoms with van der Waals surface area (Å²) in [4.78, 5) is 40.0. The monoisotopic (exact) mass is 389 g/mol. The number of esters is 1. The molecule has 0 saturated carbocycles. The Balaban J connectivity index is 1.81. The normalized spacial score (nSPS) is 10.7. The summed E-state index contributed by atoms with van der Waals surface area (Å²) in [5, 5.41) is 7.37. The van der Waals surface area contributed by atoms with Gasteiger partial charge in [0.1, 0.15) is 24.8 Å². The second-order valence-corrected chi connectivity index (χ2v) is 5.97. The lowest BCUT2D eigenvalue weighted by Gasteiger charge is -2.07. The molecule has 140 valence electrons. The van der Waals surface area contributed by atoms with Crippen molar-refractivity contribution in [2.45, 2.75) is 13.5 Å². The molecule has 0 atom stereocenters. The zero-order valence-electron chi connectivity index (χ0n) is 14.4. The third-order valence-electron chi connectivity index (χ3n) is 3.66. The Kier molecular flexibility index (Phi) is 5.51. The number of halogens is 1. The second kappa shape index (κ2) is 8.00. The minimum absolute atomic E-state index is 0.228. The van der Waals surface area contributed by atoms with Crippen molar-refractivity contribution >= 4 is 34.5 Å². The van der Waals surface area contributed by atoms with Crippen LogP contribution in [0.2, 0.25) is 5.02 Å². The van der Waals surface area contributed by atoms with Crippen LogP contribution in [0.4, 0.5) is 0 Å². The van der Waals surface area contributed by atoms with E-state index in [4.69, 9.17) is 16.3 Å². The minimum atomic E-state index is -0.547. The molecule has 2 heterocycles. The standard InChI is InChI=1S/C17H16ClN5O4/c1-2-27-15(25)8-19-14(24)9-22-10-20-16-13(17(22)26)7-21-23(16)12-5-3-4-11(18)6-12/h3-7,10H,2,8-9H2,1H3,(H,19,24). The number of hydrogen-bond donors (Lipinski definition) is 1. The Morgan fingerprint density at radius 2 is 2.15 bits per heavy atom. The van der Waals surface area contributed by atoms with Crippen LogP contribution in [0.3, 0.4) is 0 Å². The van der Waals surface area contributed by atoms with Crippen LogP contribution in [0, 0.1) is 0 Å². The molecule has 0 aliphatic carbocycles. The number of rotatable bonds is 6. The molecule has 0 spiro atoms. The molecule has 9 nitrogen and oxygen atoms in total. The Hall–Kier alpha value is -3.20. The van der Waals surface area contributed by atoms with Crippen molar-refractivity contribution in [1.82, 2.24) is 24.6 Å². The van der Waals surface area contributed by atoms with Crippen molar-refractivity contribution in [2.24, 2.45) is 0 Å². The van der Waals surface area contributed by atoms with Gasteiger partial charge in [-0.05, 0) is 25.1 Å². The van der Waals surface area contributed by atoms with Gasteiger partial charge in [0.25, 0.3) is 5.56 Å². The third kappa shape index (κ3) is 4.14. The number of fused-ring (bicyclic) bond motifs is 1. The smallest absolute Gasteiger partial charge is 0.325 e. The number of amides is 1. The lowest BCUT2D eigenvalue weighted by Crippen LogP contribution is -2.35. The Labute approximate surface area is 158 Å². The number of carbonyl (C=O) groups is 2. The van der Waals surface area contributed by atoms with Crippen molar-refractivity contribution < 1.29 is 14.3 Å². The number of nitrogens with one attached hydrogen (secondary N) is 1. The summed E-state index contributed by atoms with van der Waals surface area (Å²) in [5.74, 6) is -1.05. The molecule has 27 heavy (non-hydrogen) atoms. The van der Waals surface area contributed by atoms with Crippen molar-refractivity contribution in [3.05, 3.63) is 52.2 Å². The van der Waals surface area contributed by atoms with E-state index in [0.29, 0.717) is 16.4 Å². The zero-order valence-corrected chi connectivity index (χ0v) is 15.1. The predicted molar refractivity (Wildman–Crippen MR) is 97.8 cm³/mol. The highest BCUT2D eigenvalue weighted by Crippen LogP contribution is 2.17. The van der Waals surface area contributed by atoms with E-state index in [-0.39, 0.29) is 25.1 Å². The van der Waals surface area contributed by atoms with Crippen LogP contribution >= 0.6 is 11.6 Å². The number of ether oxygens (including phenoxy) is 1. The zero-order chi connectivity index (χ0) is 19.4. The fraction of sp³-hybridized carbons (Fsp3) is 0.235. The van der Waals surface area contributed by atoms with E-state index in [1.54, 1.807) is 31.2 Å². The molecule has 1 amide bonds. The fourth-order valence-electron chi connectivity index (χ4n) is 2.45. The van der Waals surface area contributed by atoms with E-state index >= 15 is 0 Å². The predicted octanol–water partition coefficient (Wildman–Crippen LogP) is 0.915. The molecule has 0 aliphatic heterocycles. The highest BCUT2D eigenvalue weighted by molar-refractivity contribution is 6.30. The minimum Gasteiger partial charge on any atom is -0.465 e. The topological polar surface area (TPSA) is 108 Å². The molecular formula is C17H16ClN5O4. The summed E-state index contributed by atoms with van der Waals surface area (Å²) >= 11 is 5.99. The SMILES string of the molecule is CCOC(=O)CNC(=O)Cn1cnc2c(cnn2-c2cccc(Cl)c2)c1=O.